The van der Waals surface area contributed by atoms with Crippen LogP contribution in [0.25, 0.3) is 6.01 Å². The molecule has 9 nitrogen and oxygen atoms in total. The van der Waals surface area contributed by atoms with Crippen LogP contribution < -0.4 is 0 Å². The lowest BCUT2D eigenvalue weighted by Gasteiger charge is -1.94. The highest BCUT2D eigenvalue weighted by atomic mass is 16.6. The first-order valence-electron chi connectivity index (χ1n) is 4.93. The van der Waals surface area contributed by atoms with Crippen molar-refractivity contribution in [2.75, 3.05) is 6.61 Å². The van der Waals surface area contributed by atoms with Gasteiger partial charge in [0.15, 0.2) is 5.69 Å². The number of esters is 1. The summed E-state index contributed by atoms with van der Waals surface area (Å²) in [6.07, 6.45) is 3.40. The maximum absolute atomic E-state index is 11.3. The van der Waals surface area contributed by atoms with Crippen LogP contribution in [0.15, 0.2) is 23.2 Å². The monoisotopic (exact) mass is 252 g/mol. The molecule has 0 N–H and O–H groups in total. The smallest absolute Gasteiger partial charge is 0.382 e. The third-order valence-electron chi connectivity index (χ3n) is 1.95. The van der Waals surface area contributed by atoms with Crippen LogP contribution in [-0.4, -0.2) is 32.0 Å². The average Bonchev–Trinajstić information content (AvgIpc) is 2.98. The van der Waals surface area contributed by atoms with E-state index in [4.69, 9.17) is 9.15 Å². The molecule has 2 aromatic rings. The minimum Gasteiger partial charge on any atom is -0.461 e. The Kier molecular flexibility index (Phi) is 3.04. The van der Waals surface area contributed by atoms with Gasteiger partial charge in [-0.3, -0.25) is 0 Å². The molecule has 0 aliphatic carbocycles. The molecule has 18 heavy (non-hydrogen) atoms. The number of nitrogens with zero attached hydrogens (tertiary/aromatic N) is 4. The molecule has 9 heteroatoms. The van der Waals surface area contributed by atoms with E-state index in [9.17, 15) is 14.9 Å². The summed E-state index contributed by atoms with van der Waals surface area (Å²) >= 11 is 0. The topological polar surface area (TPSA) is 113 Å². The summed E-state index contributed by atoms with van der Waals surface area (Å²) in [5.41, 5.74) is -0.0109. The minimum absolute atomic E-state index is 0.00125. The van der Waals surface area contributed by atoms with Crippen molar-refractivity contribution in [1.82, 2.24) is 14.5 Å². The van der Waals surface area contributed by atoms with Crippen LogP contribution in [0.3, 0.4) is 0 Å². The zero-order valence-electron chi connectivity index (χ0n) is 9.27. The summed E-state index contributed by atoms with van der Waals surface area (Å²) < 4.78 is 10.9. The highest BCUT2D eigenvalue weighted by Crippen LogP contribution is 2.13. The van der Waals surface area contributed by atoms with E-state index in [0.717, 1.165) is 12.5 Å². The van der Waals surface area contributed by atoms with E-state index in [1.807, 2.05) is 0 Å². The second-order valence-electron chi connectivity index (χ2n) is 3.13. The Morgan fingerprint density at radius 2 is 2.44 bits per heavy atom. The zero-order valence-corrected chi connectivity index (χ0v) is 9.27. The SMILES string of the molecule is CCOC(=O)c1coc(-n2cnc([N+](=O)[O-])c2)n1. The lowest BCUT2D eigenvalue weighted by atomic mass is 10.5. The van der Waals surface area contributed by atoms with Crippen LogP contribution >= 0.6 is 0 Å². The molecule has 94 valence electrons. The number of carbonyl (C=O) groups is 1. The van der Waals surface area contributed by atoms with Gasteiger partial charge in [0.1, 0.15) is 12.5 Å². The molecule has 0 amide bonds. The Hall–Kier alpha value is -2.71. The molecule has 0 fully saturated rings. The number of rotatable bonds is 4. The van der Waals surface area contributed by atoms with Crippen LogP contribution in [0.4, 0.5) is 5.82 Å². The van der Waals surface area contributed by atoms with Crippen LogP contribution in [0.1, 0.15) is 17.4 Å². The van der Waals surface area contributed by atoms with Gasteiger partial charge in [0.2, 0.25) is 6.33 Å². The summed E-state index contributed by atoms with van der Waals surface area (Å²) in [5.74, 6) is -0.965. The van der Waals surface area contributed by atoms with Crippen LogP contribution in [0.2, 0.25) is 0 Å². The third kappa shape index (κ3) is 2.19. The van der Waals surface area contributed by atoms with E-state index >= 15 is 0 Å². The fourth-order valence-corrected chi connectivity index (χ4v) is 1.19. The fourth-order valence-electron chi connectivity index (χ4n) is 1.19. The Balaban J connectivity index is 2.23. The first kappa shape index (κ1) is 11.8. The normalized spacial score (nSPS) is 10.3. The molecule has 0 aromatic carbocycles. The van der Waals surface area contributed by atoms with Crippen LogP contribution in [0, 0.1) is 10.1 Å². The molecule has 0 spiro atoms. The first-order valence-corrected chi connectivity index (χ1v) is 4.93. The van der Waals surface area contributed by atoms with Gasteiger partial charge in [0.25, 0.3) is 0 Å². The van der Waals surface area contributed by atoms with E-state index in [-0.39, 0.29) is 24.1 Å². The summed E-state index contributed by atoms with van der Waals surface area (Å²) in [7, 11) is 0. The van der Waals surface area contributed by atoms with Gasteiger partial charge < -0.3 is 19.3 Å². The van der Waals surface area contributed by atoms with Gasteiger partial charge >= 0.3 is 17.8 Å². The van der Waals surface area contributed by atoms with Crippen molar-refractivity contribution >= 4 is 11.8 Å². The number of imidazole rings is 1. The molecule has 0 atom stereocenters. The molecule has 0 radical (unpaired) electrons. The fraction of sp³-hybridized carbons (Fsp3) is 0.222. The predicted molar refractivity (Wildman–Crippen MR) is 56.2 cm³/mol. The van der Waals surface area contributed by atoms with Gasteiger partial charge in [-0.05, 0) is 16.8 Å². The van der Waals surface area contributed by atoms with Crippen LogP contribution in [0.5, 0.6) is 0 Å². The molecule has 2 heterocycles. The van der Waals surface area contributed by atoms with E-state index in [1.54, 1.807) is 6.92 Å². The highest BCUT2D eigenvalue weighted by molar-refractivity contribution is 5.86. The van der Waals surface area contributed by atoms with Crippen molar-refractivity contribution < 1.29 is 18.9 Å². The molecule has 0 saturated heterocycles. The molecule has 0 aliphatic heterocycles. The quantitative estimate of drug-likeness (QED) is 0.452. The van der Waals surface area contributed by atoms with Crippen molar-refractivity contribution in [3.63, 3.8) is 0 Å². The summed E-state index contributed by atoms with van der Waals surface area (Å²) in [5, 5.41) is 10.4. The number of hydrogen-bond donors (Lipinski definition) is 0. The van der Waals surface area contributed by atoms with Gasteiger partial charge in [-0.2, -0.15) is 4.98 Å². The lowest BCUT2D eigenvalue weighted by molar-refractivity contribution is -0.389. The number of nitro groups is 1. The van der Waals surface area contributed by atoms with Crippen molar-refractivity contribution in [3.8, 4) is 6.01 Å². The largest absolute Gasteiger partial charge is 0.461 e. The van der Waals surface area contributed by atoms with Gasteiger partial charge in [0.05, 0.1) is 6.61 Å². The number of carbonyl (C=O) groups excluding carboxylic acids is 1. The Morgan fingerprint density at radius 1 is 1.67 bits per heavy atom. The molecular weight excluding hydrogens is 244 g/mol. The Labute approximate surface area is 100 Å². The molecular formula is C9H8N4O5. The first-order chi connectivity index (χ1) is 8.61. The minimum atomic E-state index is -0.647. The van der Waals surface area contributed by atoms with E-state index in [1.165, 1.54) is 10.9 Å². The Morgan fingerprint density at radius 3 is 3.06 bits per heavy atom. The van der Waals surface area contributed by atoms with Crippen LogP contribution in [-0.2, 0) is 4.74 Å². The second kappa shape index (κ2) is 4.65. The van der Waals surface area contributed by atoms with E-state index in [0.29, 0.717) is 0 Å². The van der Waals surface area contributed by atoms with E-state index < -0.39 is 10.9 Å². The van der Waals surface area contributed by atoms with Gasteiger partial charge in [0, 0.05) is 0 Å². The maximum Gasteiger partial charge on any atom is 0.382 e. The molecule has 2 aromatic heterocycles. The lowest BCUT2D eigenvalue weighted by Crippen LogP contribution is -2.05. The average molecular weight is 252 g/mol. The van der Waals surface area contributed by atoms with Gasteiger partial charge in [-0.1, -0.05) is 0 Å². The number of ether oxygens (including phenoxy) is 1. The number of oxazole rings is 1. The summed E-state index contributed by atoms with van der Waals surface area (Å²) in [6.45, 7) is 1.88. The maximum atomic E-state index is 11.3. The van der Waals surface area contributed by atoms with Crippen molar-refractivity contribution in [3.05, 3.63) is 34.6 Å². The van der Waals surface area contributed by atoms with Gasteiger partial charge in [-0.25, -0.2) is 9.36 Å². The summed E-state index contributed by atoms with van der Waals surface area (Å²) in [4.78, 5) is 28.5. The molecule has 0 unspecified atom stereocenters. The van der Waals surface area contributed by atoms with E-state index in [2.05, 4.69) is 9.97 Å². The third-order valence-corrected chi connectivity index (χ3v) is 1.95. The molecule has 0 saturated carbocycles. The predicted octanol–water partition coefficient (Wildman–Crippen LogP) is 0.945. The highest BCUT2D eigenvalue weighted by Gasteiger charge is 2.17. The molecule has 0 aliphatic rings. The van der Waals surface area contributed by atoms with Crippen molar-refractivity contribution in [2.45, 2.75) is 6.92 Å². The second-order valence-corrected chi connectivity index (χ2v) is 3.13. The standard InChI is InChI=1S/C9H8N4O5/c1-2-17-8(14)6-4-18-9(11-6)12-3-7(10-5-12)13(15)16/h3-5H,2H2,1H3. The van der Waals surface area contributed by atoms with Gasteiger partial charge in [-0.15, -0.1) is 0 Å². The zero-order chi connectivity index (χ0) is 13.1. The molecule has 0 bridgehead atoms. The van der Waals surface area contributed by atoms with Crippen molar-refractivity contribution in [2.24, 2.45) is 0 Å². The number of hydrogen-bond acceptors (Lipinski definition) is 7. The Bertz CT molecular complexity index is 587. The van der Waals surface area contributed by atoms with Crippen molar-refractivity contribution in [1.29, 1.82) is 0 Å². The molecule has 2 rings (SSSR count). The number of aromatic nitrogens is 3. The summed E-state index contributed by atoms with van der Waals surface area (Å²) in [6, 6.07) is -0.00125.